The van der Waals surface area contributed by atoms with Crippen LogP contribution in [0.25, 0.3) is 0 Å². The molecule has 1 N–H and O–H groups in total. The molecule has 4 nitrogen and oxygen atoms in total. The fourth-order valence-corrected chi connectivity index (χ4v) is 3.26. The summed E-state index contributed by atoms with van der Waals surface area (Å²) < 4.78 is 15.0. The molecule has 0 bridgehead atoms. The van der Waals surface area contributed by atoms with E-state index in [2.05, 4.69) is 31.4 Å². The largest absolute Gasteiger partial charge is 0.296 e. The summed E-state index contributed by atoms with van der Waals surface area (Å²) in [6.07, 6.45) is 0. The summed E-state index contributed by atoms with van der Waals surface area (Å²) in [7, 11) is 0. The zero-order chi connectivity index (χ0) is 13.8. The molecule has 2 aromatic rings. The SMILES string of the molecule is CCSc1nnc(NC(=O)c2ccc(Br)cc2F)s1. The molecule has 2 rings (SSSR count). The molecule has 0 atom stereocenters. The standard InChI is InChI=1S/C11H9BrFN3OS2/c1-2-18-11-16-15-10(19-11)14-9(17)7-4-3-6(12)5-8(7)13/h3-5H,2H2,1H3,(H,14,15,17). The number of amides is 1. The number of aromatic nitrogens is 2. The molecule has 0 radical (unpaired) electrons. The van der Waals surface area contributed by atoms with E-state index in [1.807, 2.05) is 6.92 Å². The third-order valence-corrected chi connectivity index (χ3v) is 4.42. The van der Waals surface area contributed by atoms with Gasteiger partial charge in [0.25, 0.3) is 5.91 Å². The second-order valence-electron chi connectivity index (χ2n) is 3.38. The zero-order valence-electron chi connectivity index (χ0n) is 9.81. The highest BCUT2D eigenvalue weighted by Gasteiger charge is 2.14. The normalized spacial score (nSPS) is 10.5. The van der Waals surface area contributed by atoms with E-state index in [1.54, 1.807) is 6.07 Å². The summed E-state index contributed by atoms with van der Waals surface area (Å²) in [5.41, 5.74) is -0.0249. The van der Waals surface area contributed by atoms with Crippen molar-refractivity contribution in [2.45, 2.75) is 11.3 Å². The Morgan fingerprint density at radius 1 is 1.53 bits per heavy atom. The van der Waals surface area contributed by atoms with Gasteiger partial charge in [0, 0.05) is 4.47 Å². The van der Waals surface area contributed by atoms with Gasteiger partial charge >= 0.3 is 0 Å². The summed E-state index contributed by atoms with van der Waals surface area (Å²) in [6.45, 7) is 2.00. The fourth-order valence-electron chi connectivity index (χ4n) is 1.28. The number of nitrogens with one attached hydrogen (secondary N) is 1. The molecule has 0 spiro atoms. The highest BCUT2D eigenvalue weighted by molar-refractivity contribution is 9.10. The van der Waals surface area contributed by atoms with Crippen LogP contribution in [0, 0.1) is 5.82 Å². The van der Waals surface area contributed by atoms with Crippen LogP contribution in [0.1, 0.15) is 17.3 Å². The number of benzene rings is 1. The second-order valence-corrected chi connectivity index (χ2v) is 6.79. The average molecular weight is 362 g/mol. The van der Waals surface area contributed by atoms with E-state index in [1.165, 1.54) is 35.2 Å². The summed E-state index contributed by atoms with van der Waals surface area (Å²) in [6, 6.07) is 4.27. The van der Waals surface area contributed by atoms with Gasteiger partial charge in [-0.15, -0.1) is 10.2 Å². The number of hydrogen-bond donors (Lipinski definition) is 1. The molecule has 0 aliphatic carbocycles. The quantitative estimate of drug-likeness (QED) is 0.664. The predicted molar refractivity (Wildman–Crippen MR) is 78.4 cm³/mol. The molecular weight excluding hydrogens is 353 g/mol. The van der Waals surface area contributed by atoms with Gasteiger partial charge in [-0.3, -0.25) is 10.1 Å². The molecule has 0 saturated carbocycles. The van der Waals surface area contributed by atoms with Crippen LogP contribution in [0.4, 0.5) is 9.52 Å². The first-order valence-electron chi connectivity index (χ1n) is 5.33. The maximum atomic E-state index is 13.6. The first-order valence-corrected chi connectivity index (χ1v) is 7.92. The van der Waals surface area contributed by atoms with Gasteiger partial charge < -0.3 is 0 Å². The number of carbonyl (C=O) groups excluding carboxylic acids is 1. The van der Waals surface area contributed by atoms with Crippen LogP contribution in [-0.2, 0) is 0 Å². The van der Waals surface area contributed by atoms with Crippen LogP contribution in [-0.4, -0.2) is 21.9 Å². The number of nitrogens with zero attached hydrogens (tertiary/aromatic N) is 2. The topological polar surface area (TPSA) is 54.9 Å². The van der Waals surface area contributed by atoms with E-state index in [4.69, 9.17) is 0 Å². The van der Waals surface area contributed by atoms with Gasteiger partial charge in [-0.25, -0.2) is 4.39 Å². The number of halogens is 2. The lowest BCUT2D eigenvalue weighted by Gasteiger charge is -2.02. The molecule has 19 heavy (non-hydrogen) atoms. The maximum absolute atomic E-state index is 13.6. The van der Waals surface area contributed by atoms with Crippen molar-refractivity contribution in [2.24, 2.45) is 0 Å². The number of anilines is 1. The Morgan fingerprint density at radius 2 is 2.32 bits per heavy atom. The highest BCUT2D eigenvalue weighted by atomic mass is 79.9. The summed E-state index contributed by atoms with van der Waals surface area (Å²) in [4.78, 5) is 11.9. The van der Waals surface area contributed by atoms with Crippen molar-refractivity contribution >= 4 is 50.1 Å². The first kappa shape index (κ1) is 14.4. The molecule has 0 unspecified atom stereocenters. The smallest absolute Gasteiger partial charge is 0.260 e. The van der Waals surface area contributed by atoms with E-state index in [9.17, 15) is 9.18 Å². The lowest BCUT2D eigenvalue weighted by molar-refractivity contribution is 0.102. The third kappa shape index (κ3) is 3.74. The molecule has 100 valence electrons. The van der Waals surface area contributed by atoms with Crippen LogP contribution >= 0.6 is 39.0 Å². The van der Waals surface area contributed by atoms with Crippen LogP contribution in [0.3, 0.4) is 0 Å². The molecule has 1 aromatic heterocycles. The van der Waals surface area contributed by atoms with Gasteiger partial charge in [0.15, 0.2) is 4.34 Å². The second kappa shape index (κ2) is 6.44. The minimum Gasteiger partial charge on any atom is -0.296 e. The number of hydrogen-bond acceptors (Lipinski definition) is 5. The Hall–Kier alpha value is -0.990. The maximum Gasteiger partial charge on any atom is 0.260 e. The lowest BCUT2D eigenvalue weighted by Crippen LogP contribution is -2.13. The molecule has 1 heterocycles. The molecule has 0 saturated heterocycles. The molecule has 1 aromatic carbocycles. The number of carbonyl (C=O) groups is 1. The summed E-state index contributed by atoms with van der Waals surface area (Å²) in [5.74, 6) is -0.238. The van der Waals surface area contributed by atoms with E-state index >= 15 is 0 Å². The monoisotopic (exact) mass is 361 g/mol. The summed E-state index contributed by atoms with van der Waals surface area (Å²) >= 11 is 5.94. The Bertz CT molecular complexity index is 605. The van der Waals surface area contributed by atoms with E-state index in [0.29, 0.717) is 9.60 Å². The van der Waals surface area contributed by atoms with Gasteiger partial charge in [-0.2, -0.15) is 0 Å². The van der Waals surface area contributed by atoms with Crippen LogP contribution in [0.2, 0.25) is 0 Å². The van der Waals surface area contributed by atoms with E-state index in [0.717, 1.165) is 10.1 Å². The van der Waals surface area contributed by atoms with Crippen molar-refractivity contribution < 1.29 is 9.18 Å². The van der Waals surface area contributed by atoms with Gasteiger partial charge in [-0.1, -0.05) is 46.0 Å². The minimum atomic E-state index is -0.584. The van der Waals surface area contributed by atoms with Gasteiger partial charge in [0.05, 0.1) is 5.56 Å². The van der Waals surface area contributed by atoms with Crippen molar-refractivity contribution in [1.29, 1.82) is 0 Å². The molecule has 0 aliphatic rings. The Kier molecular flexibility index (Phi) is 4.89. The molecule has 0 fully saturated rings. The van der Waals surface area contributed by atoms with Crippen molar-refractivity contribution in [3.63, 3.8) is 0 Å². The number of rotatable bonds is 4. The Labute approximate surface area is 125 Å². The van der Waals surface area contributed by atoms with Crippen LogP contribution in [0.5, 0.6) is 0 Å². The Morgan fingerprint density at radius 3 is 3.00 bits per heavy atom. The first-order chi connectivity index (χ1) is 9.10. The van der Waals surface area contributed by atoms with Crippen LogP contribution < -0.4 is 5.32 Å². The zero-order valence-corrected chi connectivity index (χ0v) is 13.0. The fraction of sp³-hybridized carbons (Fsp3) is 0.182. The molecular formula is C11H9BrFN3OS2. The molecule has 0 aliphatic heterocycles. The average Bonchev–Trinajstić information content (AvgIpc) is 2.76. The highest BCUT2D eigenvalue weighted by Crippen LogP contribution is 2.25. The van der Waals surface area contributed by atoms with Crippen molar-refractivity contribution in [1.82, 2.24) is 10.2 Å². The molecule has 8 heteroatoms. The third-order valence-electron chi connectivity index (χ3n) is 2.07. The van der Waals surface area contributed by atoms with Gasteiger partial charge in [0.1, 0.15) is 5.82 Å². The van der Waals surface area contributed by atoms with Crippen molar-refractivity contribution in [3.05, 3.63) is 34.1 Å². The lowest BCUT2D eigenvalue weighted by atomic mass is 10.2. The van der Waals surface area contributed by atoms with Crippen LogP contribution in [0.15, 0.2) is 27.0 Å². The van der Waals surface area contributed by atoms with E-state index < -0.39 is 11.7 Å². The van der Waals surface area contributed by atoms with Crippen molar-refractivity contribution in [2.75, 3.05) is 11.1 Å². The number of thioether (sulfide) groups is 1. The predicted octanol–water partition coefficient (Wildman–Crippen LogP) is 3.80. The van der Waals surface area contributed by atoms with E-state index in [-0.39, 0.29) is 5.56 Å². The van der Waals surface area contributed by atoms with Gasteiger partial charge in [-0.05, 0) is 24.0 Å². The molecule has 1 amide bonds. The summed E-state index contributed by atoms with van der Waals surface area (Å²) in [5, 5.41) is 10.6. The Balaban J connectivity index is 2.11. The van der Waals surface area contributed by atoms with Gasteiger partial charge in [0.2, 0.25) is 5.13 Å². The van der Waals surface area contributed by atoms with Crippen molar-refractivity contribution in [3.8, 4) is 0 Å². The minimum absolute atomic E-state index is 0.0249.